The smallest absolute Gasteiger partial charge is 0.324 e. The van der Waals surface area contributed by atoms with E-state index in [1.807, 2.05) is 0 Å². The van der Waals surface area contributed by atoms with Crippen molar-refractivity contribution in [1.82, 2.24) is 10.2 Å². The topological polar surface area (TPSA) is 74.9 Å². The lowest BCUT2D eigenvalue weighted by Gasteiger charge is -2.25. The Bertz CT molecular complexity index is 163. The van der Waals surface area contributed by atoms with Crippen molar-refractivity contribution < 1.29 is 14.4 Å². The third-order valence-electron chi connectivity index (χ3n) is 1.53. The van der Waals surface area contributed by atoms with Crippen LogP contribution in [0.5, 0.6) is 0 Å². The second-order valence-corrected chi connectivity index (χ2v) is 4.21. The molecular formula is C5H12N2O3P. The Morgan fingerprint density at radius 3 is 2.36 bits per heavy atom. The first-order valence-electron chi connectivity index (χ1n) is 3.48. The summed E-state index contributed by atoms with van der Waals surface area (Å²) in [6.07, 6.45) is -0.123. The number of nitrogens with zero attached hydrogens (tertiary/aromatic N) is 2. The largest absolute Gasteiger partial charge is 0.339 e. The van der Waals surface area contributed by atoms with E-state index in [0.29, 0.717) is 26.2 Å². The predicted octanol–water partition coefficient (Wildman–Crippen LogP) is -0.958. The molecule has 1 aliphatic heterocycles. The van der Waals surface area contributed by atoms with Gasteiger partial charge in [0.15, 0.2) is 0 Å². The van der Waals surface area contributed by atoms with Crippen molar-refractivity contribution in [3.63, 3.8) is 0 Å². The van der Waals surface area contributed by atoms with Gasteiger partial charge in [-0.1, -0.05) is 0 Å². The first-order valence-corrected chi connectivity index (χ1v) is 5.28. The van der Waals surface area contributed by atoms with Crippen LogP contribution in [-0.2, 0) is 4.57 Å². The first-order chi connectivity index (χ1) is 5.08. The van der Waals surface area contributed by atoms with Gasteiger partial charge in [0.05, 0.1) is 0 Å². The van der Waals surface area contributed by atoms with Crippen molar-refractivity contribution in [1.29, 1.82) is 0 Å². The molecule has 1 aliphatic rings. The minimum Gasteiger partial charge on any atom is -0.324 e. The molecule has 1 radical (unpaired) electrons. The summed E-state index contributed by atoms with van der Waals surface area (Å²) in [5.74, 6) is 0. The quantitative estimate of drug-likeness (QED) is 0.535. The fourth-order valence-electron chi connectivity index (χ4n) is 1.05. The molecule has 1 heterocycles. The summed E-state index contributed by atoms with van der Waals surface area (Å²) in [4.78, 5) is 19.0. The van der Waals surface area contributed by atoms with Crippen LogP contribution in [0.3, 0.4) is 0 Å². The van der Waals surface area contributed by atoms with Crippen LogP contribution >= 0.6 is 7.60 Å². The fourth-order valence-corrected chi connectivity index (χ4v) is 1.85. The number of hydrogen-bond acceptors (Lipinski definition) is 2. The highest BCUT2D eigenvalue weighted by Crippen LogP contribution is 2.34. The van der Waals surface area contributed by atoms with Crippen LogP contribution in [0, 0.1) is 0 Å². The van der Waals surface area contributed by atoms with Gasteiger partial charge in [0.25, 0.3) is 0 Å². The fraction of sp³-hybridized carbons (Fsp3) is 1.00. The van der Waals surface area contributed by atoms with Crippen LogP contribution in [0.1, 0.15) is 0 Å². The van der Waals surface area contributed by atoms with Gasteiger partial charge in [-0.05, 0) is 0 Å². The average Bonchev–Trinajstić information content (AvgIpc) is 1.85. The molecule has 1 saturated heterocycles. The summed E-state index contributed by atoms with van der Waals surface area (Å²) in [5.41, 5.74) is 0. The molecule has 65 valence electrons. The zero-order valence-electron chi connectivity index (χ0n) is 6.18. The van der Waals surface area contributed by atoms with E-state index >= 15 is 0 Å². The molecule has 0 aromatic rings. The van der Waals surface area contributed by atoms with Gasteiger partial charge in [-0.3, -0.25) is 9.46 Å². The summed E-state index contributed by atoms with van der Waals surface area (Å²) in [6.45, 7) is 2.73. The molecule has 5 nitrogen and oxygen atoms in total. The van der Waals surface area contributed by atoms with Crippen molar-refractivity contribution in [2.24, 2.45) is 0 Å². The minimum absolute atomic E-state index is 0.123. The Kier molecular flexibility index (Phi) is 3.04. The van der Waals surface area contributed by atoms with Crippen molar-refractivity contribution in [2.45, 2.75) is 0 Å². The molecule has 1 fully saturated rings. The summed E-state index contributed by atoms with van der Waals surface area (Å²) in [5, 5.41) is 4.06. The molecule has 0 saturated carbocycles. The maximum atomic E-state index is 10.5. The van der Waals surface area contributed by atoms with Crippen LogP contribution in [0.2, 0.25) is 0 Å². The molecule has 0 aliphatic carbocycles. The van der Waals surface area contributed by atoms with Gasteiger partial charge < -0.3 is 9.79 Å². The molecule has 11 heavy (non-hydrogen) atoms. The average molecular weight is 179 g/mol. The Labute approximate surface area is 65.6 Å². The lowest BCUT2D eigenvalue weighted by atomic mass is 10.4. The van der Waals surface area contributed by atoms with Crippen LogP contribution in [-0.4, -0.2) is 47.2 Å². The summed E-state index contributed by atoms with van der Waals surface area (Å²) in [7, 11) is -3.85. The molecule has 0 bridgehead atoms. The van der Waals surface area contributed by atoms with Crippen LogP contribution < -0.4 is 5.32 Å². The Morgan fingerprint density at radius 1 is 1.36 bits per heavy atom. The zero-order chi connectivity index (χ0) is 8.32. The van der Waals surface area contributed by atoms with E-state index in [0.717, 1.165) is 0 Å². The molecule has 0 amide bonds. The van der Waals surface area contributed by atoms with Crippen molar-refractivity contribution in [3.05, 3.63) is 0 Å². The SMILES string of the molecule is O=P(O)(O)CN1CC[N]CC1. The van der Waals surface area contributed by atoms with Gasteiger partial charge in [0, 0.05) is 26.2 Å². The van der Waals surface area contributed by atoms with E-state index in [9.17, 15) is 4.57 Å². The highest BCUT2D eigenvalue weighted by Gasteiger charge is 2.20. The monoisotopic (exact) mass is 179 g/mol. The van der Waals surface area contributed by atoms with Crippen molar-refractivity contribution in [2.75, 3.05) is 32.5 Å². The van der Waals surface area contributed by atoms with E-state index in [1.54, 1.807) is 4.90 Å². The van der Waals surface area contributed by atoms with Crippen molar-refractivity contribution in [3.8, 4) is 0 Å². The molecule has 6 heteroatoms. The van der Waals surface area contributed by atoms with Crippen molar-refractivity contribution >= 4 is 7.60 Å². The zero-order valence-corrected chi connectivity index (χ0v) is 7.07. The third-order valence-corrected chi connectivity index (χ3v) is 2.30. The molecule has 2 N–H and O–H groups in total. The van der Waals surface area contributed by atoms with Gasteiger partial charge in [-0.2, -0.15) is 0 Å². The van der Waals surface area contributed by atoms with Gasteiger partial charge in [0.2, 0.25) is 0 Å². The van der Waals surface area contributed by atoms with E-state index in [-0.39, 0.29) is 6.29 Å². The van der Waals surface area contributed by atoms with Crippen LogP contribution in [0.15, 0.2) is 0 Å². The molecule has 0 aromatic carbocycles. The Hall–Kier alpha value is 0.0700. The number of hydrogen-bond donors (Lipinski definition) is 2. The Balaban J connectivity index is 2.30. The molecular weight excluding hydrogens is 167 g/mol. The van der Waals surface area contributed by atoms with Gasteiger partial charge in [-0.15, -0.1) is 0 Å². The second-order valence-electron chi connectivity index (χ2n) is 2.59. The second kappa shape index (κ2) is 3.65. The highest BCUT2D eigenvalue weighted by molar-refractivity contribution is 7.51. The summed E-state index contributed by atoms with van der Waals surface area (Å²) in [6, 6.07) is 0. The number of rotatable bonds is 2. The van der Waals surface area contributed by atoms with E-state index in [1.165, 1.54) is 0 Å². The van der Waals surface area contributed by atoms with Crippen LogP contribution in [0.4, 0.5) is 0 Å². The normalized spacial score (nSPS) is 22.0. The van der Waals surface area contributed by atoms with Gasteiger partial charge >= 0.3 is 7.60 Å². The summed E-state index contributed by atoms with van der Waals surface area (Å²) >= 11 is 0. The molecule has 0 unspecified atom stereocenters. The van der Waals surface area contributed by atoms with Crippen LogP contribution in [0.25, 0.3) is 0 Å². The maximum absolute atomic E-state index is 10.5. The minimum atomic E-state index is -3.85. The molecule has 1 rings (SSSR count). The van der Waals surface area contributed by atoms with E-state index in [4.69, 9.17) is 9.79 Å². The summed E-state index contributed by atoms with van der Waals surface area (Å²) < 4.78 is 10.5. The van der Waals surface area contributed by atoms with E-state index in [2.05, 4.69) is 5.32 Å². The van der Waals surface area contributed by atoms with Gasteiger partial charge in [0.1, 0.15) is 6.29 Å². The third kappa shape index (κ3) is 3.84. The van der Waals surface area contributed by atoms with E-state index < -0.39 is 7.60 Å². The molecule has 0 atom stereocenters. The van der Waals surface area contributed by atoms with Gasteiger partial charge in [-0.25, -0.2) is 5.32 Å². The lowest BCUT2D eigenvalue weighted by Crippen LogP contribution is -2.40. The predicted molar refractivity (Wildman–Crippen MR) is 40.4 cm³/mol. The lowest BCUT2D eigenvalue weighted by molar-refractivity contribution is 0.247. The maximum Gasteiger partial charge on any atom is 0.339 e. The first kappa shape index (κ1) is 9.16. The Morgan fingerprint density at radius 2 is 1.91 bits per heavy atom. The molecule has 0 spiro atoms. The standard InChI is InChI=1S/C5H12N2O3P/c8-11(9,10)5-7-3-1-6-2-4-7/h1-5H2,(H2,8,9,10). The highest BCUT2D eigenvalue weighted by atomic mass is 31.2. The molecule has 0 aromatic heterocycles. The number of piperazine rings is 1.